The maximum Gasteiger partial charge on any atom is 0.222 e. The Balaban J connectivity index is 1.11. The molecule has 1 saturated heterocycles. The molecule has 1 aliphatic heterocycles. The van der Waals surface area contributed by atoms with Crippen molar-refractivity contribution in [3.8, 4) is 0 Å². The zero-order valence-corrected chi connectivity index (χ0v) is 22.7. The average Bonchev–Trinajstić information content (AvgIpc) is 2.94. The second kappa shape index (κ2) is 12.3. The van der Waals surface area contributed by atoms with Gasteiger partial charge < -0.3 is 10.1 Å². The van der Waals surface area contributed by atoms with Crippen LogP contribution in [0.25, 0.3) is 12.2 Å². The Bertz CT molecular complexity index is 1340. The van der Waals surface area contributed by atoms with Gasteiger partial charge in [0.2, 0.25) is 5.95 Å². The van der Waals surface area contributed by atoms with E-state index in [4.69, 9.17) is 16.3 Å². The lowest BCUT2D eigenvalue weighted by molar-refractivity contribution is 0.00790. The van der Waals surface area contributed by atoms with Crippen LogP contribution in [-0.4, -0.2) is 66.7 Å². The number of ether oxygens (including phenoxy) is 1. The van der Waals surface area contributed by atoms with Crippen molar-refractivity contribution in [1.29, 1.82) is 0 Å². The molecule has 0 unspecified atom stereocenters. The molecule has 0 bridgehead atoms. The van der Waals surface area contributed by atoms with Crippen LogP contribution in [0.4, 0.5) is 5.95 Å². The van der Waals surface area contributed by atoms with E-state index < -0.39 is 9.84 Å². The third kappa shape index (κ3) is 6.96. The van der Waals surface area contributed by atoms with Gasteiger partial charge in [-0.25, -0.2) is 18.4 Å². The largest absolute Gasteiger partial charge is 0.379 e. The molecule has 200 valence electrons. The second-order valence-electron chi connectivity index (χ2n) is 9.74. The second-order valence-corrected chi connectivity index (χ2v) is 12.1. The standard InChI is InChI=1S/C28H32ClN5O3S/c29-26-3-1-2-4-27(26)38(35,36)20-24-8-7-21(17-30-24)5-6-22-18-31-28(32-19-22)33-23-9-11-25(12-10-23)34-13-15-37-16-14-34/h1-8,17-19,23,25H,9-16,20H2,(H,31,32,33)/b6-5+. The SMILES string of the molecule is O=S(=O)(Cc1ccc(/C=C/c2cnc(NC3CCC(N4CCOCC4)CC3)nc2)cn1)c1ccccc1Cl. The molecule has 5 rings (SSSR count). The van der Waals surface area contributed by atoms with Gasteiger partial charge in [0.1, 0.15) is 0 Å². The fourth-order valence-corrected chi connectivity index (χ4v) is 6.85. The highest BCUT2D eigenvalue weighted by atomic mass is 35.5. The number of rotatable bonds is 8. The van der Waals surface area contributed by atoms with Crippen molar-refractivity contribution in [2.24, 2.45) is 0 Å². The number of aromatic nitrogens is 3. The quantitative estimate of drug-likeness (QED) is 0.428. The number of hydrogen-bond acceptors (Lipinski definition) is 8. The van der Waals surface area contributed by atoms with Crippen molar-refractivity contribution in [2.45, 2.75) is 48.4 Å². The zero-order valence-electron chi connectivity index (χ0n) is 21.2. The summed E-state index contributed by atoms with van der Waals surface area (Å²) in [6, 6.07) is 11.1. The van der Waals surface area contributed by atoms with Crippen molar-refractivity contribution in [3.05, 3.63) is 76.8 Å². The molecule has 1 aromatic carbocycles. The molecular formula is C28H32ClN5O3S. The van der Waals surface area contributed by atoms with Crippen LogP contribution in [0.1, 0.15) is 42.5 Å². The van der Waals surface area contributed by atoms with Crippen LogP contribution in [-0.2, 0) is 20.3 Å². The summed E-state index contributed by atoms with van der Waals surface area (Å²) in [7, 11) is -3.58. The smallest absolute Gasteiger partial charge is 0.222 e. The molecular weight excluding hydrogens is 522 g/mol. The molecule has 38 heavy (non-hydrogen) atoms. The molecule has 1 saturated carbocycles. The van der Waals surface area contributed by atoms with Crippen LogP contribution in [0.3, 0.4) is 0 Å². The summed E-state index contributed by atoms with van der Waals surface area (Å²) in [5, 5.41) is 3.70. The maximum atomic E-state index is 12.7. The van der Waals surface area contributed by atoms with Crippen LogP contribution >= 0.6 is 11.6 Å². The third-order valence-electron chi connectivity index (χ3n) is 7.09. The van der Waals surface area contributed by atoms with Gasteiger partial charge in [0.25, 0.3) is 0 Å². The summed E-state index contributed by atoms with van der Waals surface area (Å²) < 4.78 is 30.9. The van der Waals surface area contributed by atoms with E-state index in [1.54, 1.807) is 42.9 Å². The van der Waals surface area contributed by atoms with Crippen LogP contribution < -0.4 is 5.32 Å². The summed E-state index contributed by atoms with van der Waals surface area (Å²) in [4.78, 5) is 16.0. The van der Waals surface area contributed by atoms with E-state index in [0.717, 1.165) is 50.3 Å². The minimum absolute atomic E-state index is 0.117. The first-order chi connectivity index (χ1) is 18.5. The summed E-state index contributed by atoms with van der Waals surface area (Å²) in [5.74, 6) is 0.445. The Morgan fingerprint density at radius 1 is 0.921 bits per heavy atom. The Labute approximate surface area is 229 Å². The molecule has 0 amide bonds. The van der Waals surface area contributed by atoms with E-state index >= 15 is 0 Å². The lowest BCUT2D eigenvalue weighted by atomic mass is 9.90. The van der Waals surface area contributed by atoms with Crippen LogP contribution in [0.5, 0.6) is 0 Å². The van der Waals surface area contributed by atoms with Crippen LogP contribution in [0.15, 0.2) is 59.9 Å². The van der Waals surface area contributed by atoms with Gasteiger partial charge in [-0.2, -0.15) is 0 Å². The van der Waals surface area contributed by atoms with Crippen molar-refractivity contribution in [2.75, 3.05) is 31.6 Å². The number of pyridine rings is 1. The highest BCUT2D eigenvalue weighted by Crippen LogP contribution is 2.26. The van der Waals surface area contributed by atoms with Gasteiger partial charge in [-0.3, -0.25) is 9.88 Å². The van der Waals surface area contributed by atoms with Gasteiger partial charge >= 0.3 is 0 Å². The molecule has 3 aromatic rings. The van der Waals surface area contributed by atoms with Crippen molar-refractivity contribution in [1.82, 2.24) is 19.9 Å². The van der Waals surface area contributed by atoms with Gasteiger partial charge in [0.15, 0.2) is 9.84 Å². The summed E-state index contributed by atoms with van der Waals surface area (Å²) in [6.07, 6.45) is 13.7. The number of halogens is 1. The molecule has 0 spiro atoms. The number of sulfone groups is 1. The Morgan fingerprint density at radius 3 is 2.29 bits per heavy atom. The average molecular weight is 554 g/mol. The van der Waals surface area contributed by atoms with E-state index in [9.17, 15) is 8.42 Å². The number of anilines is 1. The number of nitrogens with zero attached hydrogens (tertiary/aromatic N) is 4. The first kappa shape index (κ1) is 26.7. The minimum atomic E-state index is -3.58. The first-order valence-electron chi connectivity index (χ1n) is 13.0. The molecule has 8 nitrogen and oxygen atoms in total. The predicted molar refractivity (Wildman–Crippen MR) is 150 cm³/mol. The normalized spacial score (nSPS) is 21.0. The highest BCUT2D eigenvalue weighted by Gasteiger charge is 2.27. The van der Waals surface area contributed by atoms with Gasteiger partial charge in [-0.1, -0.05) is 42.0 Å². The van der Waals surface area contributed by atoms with Crippen molar-refractivity contribution < 1.29 is 13.2 Å². The molecule has 2 aliphatic rings. The Morgan fingerprint density at radius 2 is 1.61 bits per heavy atom. The summed E-state index contributed by atoms with van der Waals surface area (Å²) >= 11 is 6.06. The van der Waals surface area contributed by atoms with E-state index in [2.05, 4.69) is 25.2 Å². The predicted octanol–water partition coefficient (Wildman–Crippen LogP) is 4.72. The number of hydrogen-bond donors (Lipinski definition) is 1. The van der Waals surface area contributed by atoms with Gasteiger partial charge in [0.05, 0.1) is 34.6 Å². The lowest BCUT2D eigenvalue weighted by Gasteiger charge is -2.38. The zero-order chi connectivity index (χ0) is 26.4. The molecule has 2 aromatic heterocycles. The Hall–Kier alpha value is -2.85. The topological polar surface area (TPSA) is 97.3 Å². The molecule has 0 radical (unpaired) electrons. The van der Waals surface area contributed by atoms with Gasteiger partial charge in [-0.15, -0.1) is 0 Å². The highest BCUT2D eigenvalue weighted by molar-refractivity contribution is 7.90. The molecule has 3 heterocycles. The molecule has 1 aliphatic carbocycles. The monoisotopic (exact) mass is 553 g/mol. The Kier molecular flexibility index (Phi) is 8.68. The summed E-state index contributed by atoms with van der Waals surface area (Å²) in [5.41, 5.74) is 2.18. The van der Waals surface area contributed by atoms with E-state index in [1.807, 2.05) is 18.2 Å². The van der Waals surface area contributed by atoms with Crippen molar-refractivity contribution >= 4 is 39.5 Å². The number of nitrogens with one attached hydrogen (secondary N) is 1. The van der Waals surface area contributed by atoms with Gasteiger partial charge in [-0.05, 0) is 49.4 Å². The van der Waals surface area contributed by atoms with E-state index in [0.29, 0.717) is 23.7 Å². The third-order valence-corrected chi connectivity index (χ3v) is 9.23. The summed E-state index contributed by atoms with van der Waals surface area (Å²) in [6.45, 7) is 3.80. The molecule has 10 heteroatoms. The lowest BCUT2D eigenvalue weighted by Crippen LogP contribution is -2.46. The van der Waals surface area contributed by atoms with Crippen LogP contribution in [0.2, 0.25) is 5.02 Å². The van der Waals surface area contributed by atoms with Gasteiger partial charge in [0, 0.05) is 49.3 Å². The fourth-order valence-electron chi connectivity index (χ4n) is 4.99. The van der Waals surface area contributed by atoms with E-state index in [-0.39, 0.29) is 15.7 Å². The molecule has 0 atom stereocenters. The molecule has 2 fully saturated rings. The maximum absolute atomic E-state index is 12.7. The number of morpholine rings is 1. The minimum Gasteiger partial charge on any atom is -0.379 e. The fraction of sp³-hybridized carbons (Fsp3) is 0.393. The van der Waals surface area contributed by atoms with Crippen molar-refractivity contribution in [3.63, 3.8) is 0 Å². The first-order valence-corrected chi connectivity index (χ1v) is 15.0. The van der Waals surface area contributed by atoms with E-state index in [1.165, 1.54) is 18.9 Å². The van der Waals surface area contributed by atoms with Crippen LogP contribution in [0, 0.1) is 0 Å². The molecule has 1 N–H and O–H groups in total. The number of benzene rings is 1.